The molecule has 1 aromatic carbocycles. The number of hydrogen-bond acceptors (Lipinski definition) is 3. The molecular formula is C15H22N2O2. The third-order valence-corrected chi connectivity index (χ3v) is 3.04. The third-order valence-electron chi connectivity index (χ3n) is 3.04. The summed E-state index contributed by atoms with van der Waals surface area (Å²) in [6.07, 6.45) is 0.626. The fourth-order valence-electron chi connectivity index (χ4n) is 2.25. The molecule has 19 heavy (non-hydrogen) atoms. The molecule has 1 heterocycles. The van der Waals surface area contributed by atoms with Gasteiger partial charge in [-0.05, 0) is 38.8 Å². The zero-order valence-electron chi connectivity index (χ0n) is 12.1. The van der Waals surface area contributed by atoms with Crippen molar-refractivity contribution >= 4 is 17.5 Å². The maximum Gasteiger partial charge on any atom is 0.414 e. The SMILES string of the molecule is CCc1cccc2c1N(C(=O)OC(C)(C)C)CCN2. The van der Waals surface area contributed by atoms with Crippen LogP contribution in [-0.2, 0) is 11.2 Å². The number of para-hydroxylation sites is 1. The van der Waals surface area contributed by atoms with Gasteiger partial charge in [0, 0.05) is 13.1 Å². The molecule has 0 saturated carbocycles. The van der Waals surface area contributed by atoms with Crippen molar-refractivity contribution in [1.29, 1.82) is 0 Å². The minimum atomic E-state index is -0.469. The van der Waals surface area contributed by atoms with E-state index in [4.69, 9.17) is 4.74 Å². The third kappa shape index (κ3) is 3.00. The van der Waals surface area contributed by atoms with E-state index in [2.05, 4.69) is 18.3 Å². The van der Waals surface area contributed by atoms with Crippen LogP contribution >= 0.6 is 0 Å². The van der Waals surface area contributed by atoms with Crippen molar-refractivity contribution in [2.75, 3.05) is 23.3 Å². The Bertz CT molecular complexity index is 463. The van der Waals surface area contributed by atoms with Crippen LogP contribution in [0.25, 0.3) is 0 Å². The van der Waals surface area contributed by atoms with Crippen LogP contribution < -0.4 is 10.2 Å². The molecule has 0 aliphatic carbocycles. The number of anilines is 2. The second-order valence-corrected chi connectivity index (χ2v) is 5.73. The van der Waals surface area contributed by atoms with Gasteiger partial charge in [-0.1, -0.05) is 19.1 Å². The number of ether oxygens (including phenoxy) is 1. The maximum absolute atomic E-state index is 12.3. The molecule has 0 spiro atoms. The summed E-state index contributed by atoms with van der Waals surface area (Å²) in [5.74, 6) is 0. The number of benzene rings is 1. The highest BCUT2D eigenvalue weighted by Crippen LogP contribution is 2.34. The second-order valence-electron chi connectivity index (χ2n) is 5.73. The van der Waals surface area contributed by atoms with E-state index in [0.29, 0.717) is 6.54 Å². The topological polar surface area (TPSA) is 41.6 Å². The molecule has 1 aliphatic heterocycles. The fourth-order valence-corrected chi connectivity index (χ4v) is 2.25. The highest BCUT2D eigenvalue weighted by Gasteiger charge is 2.28. The van der Waals surface area contributed by atoms with Crippen LogP contribution in [0.5, 0.6) is 0 Å². The first-order chi connectivity index (χ1) is 8.92. The van der Waals surface area contributed by atoms with Gasteiger partial charge in [0.25, 0.3) is 0 Å². The molecule has 104 valence electrons. The van der Waals surface area contributed by atoms with E-state index in [9.17, 15) is 4.79 Å². The maximum atomic E-state index is 12.3. The molecule has 1 aliphatic rings. The Morgan fingerprint density at radius 2 is 2.16 bits per heavy atom. The average Bonchev–Trinajstić information content (AvgIpc) is 2.35. The number of nitrogens with one attached hydrogen (secondary N) is 1. The Morgan fingerprint density at radius 1 is 1.42 bits per heavy atom. The molecular weight excluding hydrogens is 240 g/mol. The molecule has 1 N–H and O–H groups in total. The largest absolute Gasteiger partial charge is 0.443 e. The Hall–Kier alpha value is -1.71. The van der Waals surface area contributed by atoms with E-state index in [-0.39, 0.29) is 6.09 Å². The van der Waals surface area contributed by atoms with Crippen LogP contribution in [0.4, 0.5) is 16.2 Å². The first-order valence-corrected chi connectivity index (χ1v) is 6.78. The van der Waals surface area contributed by atoms with Crippen LogP contribution in [0.2, 0.25) is 0 Å². The van der Waals surface area contributed by atoms with Crippen molar-refractivity contribution in [1.82, 2.24) is 0 Å². The van der Waals surface area contributed by atoms with Crippen molar-refractivity contribution < 1.29 is 9.53 Å². The summed E-state index contributed by atoms with van der Waals surface area (Å²) in [6.45, 7) is 9.15. The molecule has 0 aromatic heterocycles. The van der Waals surface area contributed by atoms with E-state index < -0.39 is 5.60 Å². The van der Waals surface area contributed by atoms with Gasteiger partial charge in [0.2, 0.25) is 0 Å². The minimum Gasteiger partial charge on any atom is -0.443 e. The van der Waals surface area contributed by atoms with Crippen molar-refractivity contribution in [3.05, 3.63) is 23.8 Å². The molecule has 0 atom stereocenters. The van der Waals surface area contributed by atoms with Crippen molar-refractivity contribution in [2.24, 2.45) is 0 Å². The molecule has 4 heteroatoms. The smallest absolute Gasteiger partial charge is 0.414 e. The van der Waals surface area contributed by atoms with Gasteiger partial charge in [-0.15, -0.1) is 0 Å². The predicted molar refractivity (Wildman–Crippen MR) is 77.9 cm³/mol. The van der Waals surface area contributed by atoms with Gasteiger partial charge in [-0.2, -0.15) is 0 Å². The number of carbonyl (C=O) groups is 1. The Labute approximate surface area is 114 Å². The van der Waals surface area contributed by atoms with Gasteiger partial charge < -0.3 is 10.1 Å². The molecule has 0 fully saturated rings. The molecule has 0 radical (unpaired) electrons. The van der Waals surface area contributed by atoms with Crippen molar-refractivity contribution in [3.63, 3.8) is 0 Å². The van der Waals surface area contributed by atoms with Crippen molar-refractivity contribution in [3.8, 4) is 0 Å². The number of hydrogen-bond donors (Lipinski definition) is 1. The van der Waals surface area contributed by atoms with E-state index in [1.807, 2.05) is 32.9 Å². The Morgan fingerprint density at radius 3 is 2.79 bits per heavy atom. The van der Waals surface area contributed by atoms with E-state index in [1.165, 1.54) is 0 Å². The lowest BCUT2D eigenvalue weighted by molar-refractivity contribution is 0.0580. The molecule has 2 rings (SSSR count). The number of carbonyl (C=O) groups excluding carboxylic acids is 1. The normalized spacial score (nSPS) is 14.6. The van der Waals surface area contributed by atoms with Crippen molar-refractivity contribution in [2.45, 2.75) is 39.7 Å². The summed E-state index contributed by atoms with van der Waals surface area (Å²) in [7, 11) is 0. The number of nitrogens with zero attached hydrogens (tertiary/aromatic N) is 1. The average molecular weight is 262 g/mol. The summed E-state index contributed by atoms with van der Waals surface area (Å²) in [4.78, 5) is 14.1. The number of aryl methyl sites for hydroxylation is 1. The van der Waals surface area contributed by atoms with Gasteiger partial charge in [0.15, 0.2) is 0 Å². The lowest BCUT2D eigenvalue weighted by Gasteiger charge is -2.33. The predicted octanol–water partition coefficient (Wildman–Crippen LogP) is 3.42. The standard InChI is InChI=1S/C15H22N2O2/c1-5-11-7-6-8-12-13(11)17(10-9-16-12)14(18)19-15(2,3)4/h6-8,16H,5,9-10H2,1-4H3. The molecule has 4 nitrogen and oxygen atoms in total. The van der Waals surface area contributed by atoms with Crippen LogP contribution in [0.1, 0.15) is 33.3 Å². The molecule has 0 bridgehead atoms. The van der Waals surface area contributed by atoms with E-state index in [0.717, 1.165) is 29.9 Å². The summed E-state index contributed by atoms with van der Waals surface area (Å²) in [5, 5.41) is 3.34. The zero-order valence-corrected chi connectivity index (χ0v) is 12.1. The first kappa shape index (κ1) is 13.7. The van der Waals surface area contributed by atoms with Gasteiger partial charge >= 0.3 is 6.09 Å². The van der Waals surface area contributed by atoms with E-state index in [1.54, 1.807) is 4.90 Å². The van der Waals surface area contributed by atoms with Gasteiger partial charge in [-0.3, -0.25) is 4.90 Å². The fraction of sp³-hybridized carbons (Fsp3) is 0.533. The Balaban J connectivity index is 2.34. The van der Waals surface area contributed by atoms with Crippen LogP contribution in [0, 0.1) is 0 Å². The van der Waals surface area contributed by atoms with Gasteiger partial charge in [-0.25, -0.2) is 4.79 Å². The molecule has 1 amide bonds. The number of fused-ring (bicyclic) bond motifs is 1. The quantitative estimate of drug-likeness (QED) is 0.843. The minimum absolute atomic E-state index is 0.267. The lowest BCUT2D eigenvalue weighted by Crippen LogP contribution is -2.42. The molecule has 1 aromatic rings. The summed E-state index contributed by atoms with van der Waals surface area (Å²) in [6, 6.07) is 6.08. The summed E-state index contributed by atoms with van der Waals surface area (Å²) < 4.78 is 5.49. The first-order valence-electron chi connectivity index (χ1n) is 6.78. The zero-order chi connectivity index (χ0) is 14.0. The van der Waals surface area contributed by atoms with Crippen LogP contribution in [-0.4, -0.2) is 24.8 Å². The van der Waals surface area contributed by atoms with Crippen LogP contribution in [0.3, 0.4) is 0 Å². The van der Waals surface area contributed by atoms with Gasteiger partial charge in [0.1, 0.15) is 5.60 Å². The lowest BCUT2D eigenvalue weighted by atomic mass is 10.1. The highest BCUT2D eigenvalue weighted by molar-refractivity contribution is 5.94. The second kappa shape index (κ2) is 5.11. The monoisotopic (exact) mass is 262 g/mol. The highest BCUT2D eigenvalue weighted by atomic mass is 16.6. The van der Waals surface area contributed by atoms with Crippen LogP contribution in [0.15, 0.2) is 18.2 Å². The molecule has 0 saturated heterocycles. The Kier molecular flexibility index (Phi) is 3.69. The van der Waals surface area contributed by atoms with Gasteiger partial charge in [0.05, 0.1) is 11.4 Å². The summed E-state index contributed by atoms with van der Waals surface area (Å²) in [5.41, 5.74) is 2.67. The van der Waals surface area contributed by atoms with E-state index >= 15 is 0 Å². The number of amides is 1. The summed E-state index contributed by atoms with van der Waals surface area (Å²) >= 11 is 0. The molecule has 0 unspecified atom stereocenters. The number of rotatable bonds is 1.